The molecule has 1 N–H and O–H groups in total. The average Bonchev–Trinajstić information content (AvgIpc) is 2.68. The van der Waals surface area contributed by atoms with Gasteiger partial charge >= 0.3 is 0 Å². The van der Waals surface area contributed by atoms with E-state index < -0.39 is 10.0 Å². The number of aryl methyl sites for hydroxylation is 1. The molecule has 2 fully saturated rings. The van der Waals surface area contributed by atoms with Crippen LogP contribution in [0, 0.1) is 12.8 Å². The molecule has 0 amide bonds. The summed E-state index contributed by atoms with van der Waals surface area (Å²) in [5, 5.41) is 4.28. The van der Waals surface area contributed by atoms with Crippen molar-refractivity contribution in [2.75, 3.05) is 45.8 Å². The van der Waals surface area contributed by atoms with Crippen LogP contribution in [0.15, 0.2) is 35.4 Å². The maximum atomic E-state index is 13.2. The molecule has 6 nitrogen and oxygen atoms in total. The van der Waals surface area contributed by atoms with E-state index in [0.717, 1.165) is 49.6 Å². The molecule has 27 heavy (non-hydrogen) atoms. The molecule has 2 aromatic rings. The van der Waals surface area contributed by atoms with Gasteiger partial charge in [0, 0.05) is 44.3 Å². The Bertz CT molecular complexity index is 901. The van der Waals surface area contributed by atoms with Gasteiger partial charge in [0.1, 0.15) is 4.90 Å². The van der Waals surface area contributed by atoms with Gasteiger partial charge in [0.05, 0.1) is 5.52 Å². The van der Waals surface area contributed by atoms with Crippen molar-refractivity contribution in [1.82, 2.24) is 19.5 Å². The maximum absolute atomic E-state index is 13.2. The number of piperazine rings is 1. The zero-order chi connectivity index (χ0) is 18.9. The SMILES string of the molecule is Cc1cnc2c(S(=O)(=O)N3CCN(CC4CCNCC4)CC3)cccc2c1. The van der Waals surface area contributed by atoms with Crippen LogP contribution in [0.25, 0.3) is 10.9 Å². The van der Waals surface area contributed by atoms with E-state index >= 15 is 0 Å². The predicted molar refractivity (Wildman–Crippen MR) is 107 cm³/mol. The van der Waals surface area contributed by atoms with Crippen molar-refractivity contribution >= 4 is 20.9 Å². The normalized spacial score (nSPS) is 20.9. The van der Waals surface area contributed by atoms with E-state index in [1.54, 1.807) is 16.6 Å². The topological polar surface area (TPSA) is 65.5 Å². The number of nitrogens with one attached hydrogen (secondary N) is 1. The monoisotopic (exact) mass is 388 g/mol. The summed E-state index contributed by atoms with van der Waals surface area (Å²) in [6.07, 6.45) is 4.18. The fourth-order valence-corrected chi connectivity index (χ4v) is 5.76. The smallest absolute Gasteiger partial charge is 0.245 e. The standard InChI is InChI=1S/C20H28N4O2S/c1-16-13-18-3-2-4-19(20(18)22-14-16)27(25,26)24-11-9-23(10-12-24)15-17-5-7-21-8-6-17/h2-4,13-14,17,21H,5-12,15H2,1H3. The molecule has 0 aliphatic carbocycles. The van der Waals surface area contributed by atoms with Gasteiger partial charge in [-0.05, 0) is 56.5 Å². The summed E-state index contributed by atoms with van der Waals surface area (Å²) in [5.41, 5.74) is 1.60. The van der Waals surface area contributed by atoms with E-state index in [2.05, 4.69) is 15.2 Å². The number of aromatic nitrogens is 1. The highest BCUT2D eigenvalue weighted by Crippen LogP contribution is 2.26. The Morgan fingerprint density at radius 3 is 2.63 bits per heavy atom. The summed E-state index contributed by atoms with van der Waals surface area (Å²) in [5.74, 6) is 0.736. The van der Waals surface area contributed by atoms with Crippen LogP contribution in [0.3, 0.4) is 0 Å². The second-order valence-corrected chi connectivity index (χ2v) is 9.64. The minimum atomic E-state index is -3.52. The number of fused-ring (bicyclic) bond motifs is 1. The molecule has 0 unspecified atom stereocenters. The minimum Gasteiger partial charge on any atom is -0.317 e. The highest BCUT2D eigenvalue weighted by atomic mass is 32.2. The van der Waals surface area contributed by atoms with Crippen LogP contribution in [-0.4, -0.2) is 68.4 Å². The molecule has 0 atom stereocenters. The number of pyridine rings is 1. The molecule has 0 spiro atoms. The third-order valence-electron chi connectivity index (χ3n) is 5.73. The first-order valence-electron chi connectivity index (χ1n) is 9.82. The van der Waals surface area contributed by atoms with E-state index in [4.69, 9.17) is 0 Å². The molecule has 3 heterocycles. The van der Waals surface area contributed by atoms with Crippen LogP contribution in [0.2, 0.25) is 0 Å². The lowest BCUT2D eigenvalue weighted by Gasteiger charge is -2.36. The van der Waals surface area contributed by atoms with E-state index in [-0.39, 0.29) is 0 Å². The number of sulfonamides is 1. The highest BCUT2D eigenvalue weighted by Gasteiger charge is 2.31. The van der Waals surface area contributed by atoms with E-state index in [1.807, 2.05) is 25.1 Å². The zero-order valence-corrected chi connectivity index (χ0v) is 16.7. The summed E-state index contributed by atoms with van der Waals surface area (Å²) in [6.45, 7) is 7.98. The van der Waals surface area contributed by atoms with Crippen molar-refractivity contribution in [3.05, 3.63) is 36.0 Å². The number of hydrogen-bond acceptors (Lipinski definition) is 5. The Balaban J connectivity index is 1.47. The van der Waals surface area contributed by atoms with Gasteiger partial charge in [-0.2, -0.15) is 4.31 Å². The van der Waals surface area contributed by atoms with Gasteiger partial charge < -0.3 is 10.2 Å². The third kappa shape index (κ3) is 4.01. The quantitative estimate of drug-likeness (QED) is 0.866. The highest BCUT2D eigenvalue weighted by molar-refractivity contribution is 7.89. The molecule has 1 aromatic carbocycles. The van der Waals surface area contributed by atoms with Gasteiger partial charge in [-0.3, -0.25) is 4.98 Å². The number of hydrogen-bond donors (Lipinski definition) is 1. The van der Waals surface area contributed by atoms with Crippen molar-refractivity contribution < 1.29 is 8.42 Å². The van der Waals surface area contributed by atoms with Crippen molar-refractivity contribution in [3.63, 3.8) is 0 Å². The van der Waals surface area contributed by atoms with Crippen LogP contribution < -0.4 is 5.32 Å². The van der Waals surface area contributed by atoms with E-state index in [0.29, 0.717) is 23.5 Å². The fourth-order valence-electron chi connectivity index (χ4n) is 4.17. The Morgan fingerprint density at radius 1 is 1.15 bits per heavy atom. The van der Waals surface area contributed by atoms with Gasteiger partial charge in [-0.15, -0.1) is 0 Å². The molecule has 2 saturated heterocycles. The first-order valence-corrected chi connectivity index (χ1v) is 11.3. The first kappa shape index (κ1) is 18.8. The molecule has 7 heteroatoms. The van der Waals surface area contributed by atoms with Crippen LogP contribution in [-0.2, 0) is 10.0 Å². The molecule has 4 rings (SSSR count). The number of rotatable bonds is 4. The summed E-state index contributed by atoms with van der Waals surface area (Å²) in [4.78, 5) is 7.16. The summed E-state index contributed by atoms with van der Waals surface area (Å²) in [7, 11) is -3.52. The lowest BCUT2D eigenvalue weighted by atomic mass is 9.97. The summed E-state index contributed by atoms with van der Waals surface area (Å²) >= 11 is 0. The Hall–Kier alpha value is -1.54. The molecule has 2 aliphatic heterocycles. The van der Waals surface area contributed by atoms with Gasteiger partial charge in [0.2, 0.25) is 10.0 Å². The Kier molecular flexibility index (Phi) is 5.45. The molecule has 146 valence electrons. The number of piperidine rings is 1. The largest absolute Gasteiger partial charge is 0.317 e. The maximum Gasteiger partial charge on any atom is 0.245 e. The van der Waals surface area contributed by atoms with Crippen LogP contribution >= 0.6 is 0 Å². The van der Waals surface area contributed by atoms with Crippen LogP contribution in [0.5, 0.6) is 0 Å². The van der Waals surface area contributed by atoms with Crippen molar-refractivity contribution in [2.45, 2.75) is 24.7 Å². The fraction of sp³-hybridized carbons (Fsp3) is 0.550. The van der Waals surface area contributed by atoms with Gasteiger partial charge in [0.25, 0.3) is 0 Å². The molecule has 0 radical (unpaired) electrons. The first-order chi connectivity index (χ1) is 13.0. The molecular formula is C20H28N4O2S. The molecule has 0 saturated carbocycles. The Labute approximate surface area is 161 Å². The minimum absolute atomic E-state index is 0.326. The predicted octanol–water partition coefficient (Wildman–Crippen LogP) is 1.85. The lowest BCUT2D eigenvalue weighted by molar-refractivity contribution is 0.152. The molecule has 2 aliphatic rings. The van der Waals surface area contributed by atoms with Gasteiger partial charge in [0.15, 0.2) is 0 Å². The second-order valence-electron chi connectivity index (χ2n) is 7.74. The lowest BCUT2D eigenvalue weighted by Crippen LogP contribution is -2.50. The number of nitrogens with zero attached hydrogens (tertiary/aromatic N) is 3. The van der Waals surface area contributed by atoms with E-state index in [1.165, 1.54) is 12.8 Å². The van der Waals surface area contributed by atoms with Gasteiger partial charge in [-0.25, -0.2) is 8.42 Å². The summed E-state index contributed by atoms with van der Waals surface area (Å²) < 4.78 is 28.1. The molecular weight excluding hydrogens is 360 g/mol. The zero-order valence-electron chi connectivity index (χ0n) is 15.9. The van der Waals surface area contributed by atoms with Crippen molar-refractivity contribution in [1.29, 1.82) is 0 Å². The van der Waals surface area contributed by atoms with E-state index in [9.17, 15) is 8.42 Å². The molecule has 0 bridgehead atoms. The summed E-state index contributed by atoms with van der Waals surface area (Å²) in [6, 6.07) is 7.40. The number of para-hydroxylation sites is 1. The van der Waals surface area contributed by atoms with Crippen molar-refractivity contribution in [3.8, 4) is 0 Å². The average molecular weight is 389 g/mol. The second kappa shape index (κ2) is 7.83. The Morgan fingerprint density at radius 2 is 1.89 bits per heavy atom. The van der Waals surface area contributed by atoms with Crippen LogP contribution in [0.4, 0.5) is 0 Å². The van der Waals surface area contributed by atoms with Crippen molar-refractivity contribution in [2.24, 2.45) is 5.92 Å². The van der Waals surface area contributed by atoms with Crippen LogP contribution in [0.1, 0.15) is 18.4 Å². The number of benzene rings is 1. The third-order valence-corrected chi connectivity index (χ3v) is 7.67. The molecule has 1 aromatic heterocycles. The van der Waals surface area contributed by atoms with Gasteiger partial charge in [-0.1, -0.05) is 12.1 Å².